The summed E-state index contributed by atoms with van der Waals surface area (Å²) in [5, 5.41) is 2.93. The van der Waals surface area contributed by atoms with Gasteiger partial charge in [0.15, 0.2) is 0 Å². The predicted octanol–water partition coefficient (Wildman–Crippen LogP) is 2.78. The lowest BCUT2D eigenvalue weighted by atomic mass is 10.3. The fourth-order valence-corrected chi connectivity index (χ4v) is 1.61. The minimum Gasteiger partial charge on any atom is -0.466 e. The van der Waals surface area contributed by atoms with Gasteiger partial charge >= 0.3 is 5.97 Å². The van der Waals surface area contributed by atoms with E-state index in [0.29, 0.717) is 21.9 Å². The van der Waals surface area contributed by atoms with Crippen molar-refractivity contribution in [3.8, 4) is 0 Å². The minimum atomic E-state index is -0.386. The molecule has 5 nitrogen and oxygen atoms in total. The van der Waals surface area contributed by atoms with Gasteiger partial charge in [-0.3, -0.25) is 9.59 Å². The highest BCUT2D eigenvalue weighted by Gasteiger charge is 2.08. The second-order valence-corrected chi connectivity index (χ2v) is 4.56. The highest BCUT2D eigenvalue weighted by molar-refractivity contribution is 9.10. The second kappa shape index (κ2) is 7.33. The molecule has 0 radical (unpaired) electrons. The Morgan fingerprint density at radius 2 is 2.22 bits per heavy atom. The predicted molar refractivity (Wildman–Crippen MR) is 71.4 cm³/mol. The molecule has 98 valence electrons. The number of pyridine rings is 1. The van der Waals surface area contributed by atoms with Crippen LogP contribution in [0.3, 0.4) is 0 Å². The van der Waals surface area contributed by atoms with Crippen LogP contribution in [0.4, 0.5) is 5.69 Å². The molecular weight excluding hydrogens is 323 g/mol. The van der Waals surface area contributed by atoms with Gasteiger partial charge in [0.25, 0.3) is 0 Å². The Labute approximate surface area is 118 Å². The summed E-state index contributed by atoms with van der Waals surface area (Å²) < 4.78 is 5.31. The Bertz CT molecular complexity index is 454. The smallest absolute Gasteiger partial charge is 0.306 e. The van der Waals surface area contributed by atoms with E-state index in [-0.39, 0.29) is 24.7 Å². The van der Waals surface area contributed by atoms with Crippen molar-refractivity contribution in [1.29, 1.82) is 0 Å². The molecule has 1 rings (SSSR count). The number of nitrogens with zero attached hydrogens (tertiary/aromatic N) is 1. The number of aromatic nitrogens is 1. The number of carbonyl (C=O) groups excluding carboxylic acids is 2. The Balaban J connectivity index is 2.44. The van der Waals surface area contributed by atoms with Crippen LogP contribution in [-0.4, -0.2) is 23.5 Å². The van der Waals surface area contributed by atoms with Crippen molar-refractivity contribution in [1.82, 2.24) is 4.98 Å². The molecule has 1 aromatic heterocycles. The van der Waals surface area contributed by atoms with E-state index >= 15 is 0 Å². The number of hydrogen-bond acceptors (Lipinski definition) is 4. The van der Waals surface area contributed by atoms with Crippen molar-refractivity contribution in [3.63, 3.8) is 0 Å². The molecule has 1 heterocycles. The van der Waals surface area contributed by atoms with E-state index in [1.54, 1.807) is 13.0 Å². The standard InChI is InChI=1S/C11H12BrClN2O3/c1-2-18-10(17)4-3-9(16)15-7-5-8(12)11(13)14-6-7/h5-6H,2-4H2,1H3,(H,15,16). The first kappa shape index (κ1) is 14.9. The average molecular weight is 336 g/mol. The molecule has 0 atom stereocenters. The summed E-state index contributed by atoms with van der Waals surface area (Å²) in [5.41, 5.74) is 0.514. The van der Waals surface area contributed by atoms with E-state index in [4.69, 9.17) is 16.3 Å². The van der Waals surface area contributed by atoms with E-state index in [2.05, 4.69) is 26.2 Å². The van der Waals surface area contributed by atoms with Gasteiger partial charge in [-0.15, -0.1) is 0 Å². The summed E-state index contributed by atoms with van der Waals surface area (Å²) in [6.45, 7) is 2.03. The average Bonchev–Trinajstić information content (AvgIpc) is 2.32. The number of rotatable bonds is 5. The van der Waals surface area contributed by atoms with Gasteiger partial charge in [-0.25, -0.2) is 4.98 Å². The van der Waals surface area contributed by atoms with E-state index < -0.39 is 0 Å². The first-order chi connectivity index (χ1) is 8.52. The van der Waals surface area contributed by atoms with Gasteiger partial charge in [0, 0.05) is 6.42 Å². The van der Waals surface area contributed by atoms with E-state index in [1.807, 2.05) is 0 Å². The number of carbonyl (C=O) groups is 2. The van der Waals surface area contributed by atoms with Crippen LogP contribution in [-0.2, 0) is 14.3 Å². The van der Waals surface area contributed by atoms with Crippen LogP contribution in [0.25, 0.3) is 0 Å². The number of halogens is 2. The van der Waals surface area contributed by atoms with Gasteiger partial charge < -0.3 is 10.1 Å². The van der Waals surface area contributed by atoms with Crippen molar-refractivity contribution in [3.05, 3.63) is 21.9 Å². The third-order valence-corrected chi connectivity index (χ3v) is 3.08. The molecule has 0 aliphatic heterocycles. The molecule has 1 aromatic rings. The highest BCUT2D eigenvalue weighted by atomic mass is 79.9. The molecule has 1 amide bonds. The van der Waals surface area contributed by atoms with Crippen molar-refractivity contribution in [2.24, 2.45) is 0 Å². The molecular formula is C11H12BrClN2O3. The molecule has 0 aromatic carbocycles. The third-order valence-electron chi connectivity index (χ3n) is 1.94. The number of ether oxygens (including phenoxy) is 1. The number of nitrogens with one attached hydrogen (secondary N) is 1. The molecule has 0 fully saturated rings. The zero-order valence-electron chi connectivity index (χ0n) is 9.70. The van der Waals surface area contributed by atoms with Crippen LogP contribution in [0.5, 0.6) is 0 Å². The quantitative estimate of drug-likeness (QED) is 0.663. The fourth-order valence-electron chi connectivity index (χ4n) is 1.16. The van der Waals surface area contributed by atoms with Crippen molar-refractivity contribution >= 4 is 45.1 Å². The van der Waals surface area contributed by atoms with Crippen molar-refractivity contribution < 1.29 is 14.3 Å². The molecule has 1 N–H and O–H groups in total. The lowest BCUT2D eigenvalue weighted by Crippen LogP contribution is -2.14. The van der Waals surface area contributed by atoms with Gasteiger partial charge in [0.05, 0.1) is 29.4 Å². The Kier molecular flexibility index (Phi) is 6.07. The van der Waals surface area contributed by atoms with Gasteiger partial charge in [-0.1, -0.05) is 11.6 Å². The van der Waals surface area contributed by atoms with E-state index in [9.17, 15) is 9.59 Å². The van der Waals surface area contributed by atoms with E-state index in [0.717, 1.165) is 0 Å². The molecule has 0 aliphatic rings. The largest absolute Gasteiger partial charge is 0.466 e. The molecule has 0 saturated carbocycles. The number of esters is 1. The van der Waals surface area contributed by atoms with Gasteiger partial charge in [-0.2, -0.15) is 0 Å². The van der Waals surface area contributed by atoms with Crippen LogP contribution in [0, 0.1) is 0 Å². The maximum absolute atomic E-state index is 11.5. The van der Waals surface area contributed by atoms with Crippen LogP contribution in [0.2, 0.25) is 5.15 Å². The monoisotopic (exact) mass is 334 g/mol. The number of anilines is 1. The molecule has 0 bridgehead atoms. The number of hydrogen-bond donors (Lipinski definition) is 1. The normalized spacial score (nSPS) is 9.94. The molecule has 0 spiro atoms. The SMILES string of the molecule is CCOC(=O)CCC(=O)Nc1cnc(Cl)c(Br)c1. The Hall–Kier alpha value is -1.14. The first-order valence-corrected chi connectivity index (χ1v) is 6.46. The van der Waals surface area contributed by atoms with Gasteiger partial charge in [0.1, 0.15) is 5.15 Å². The zero-order valence-corrected chi connectivity index (χ0v) is 12.0. The minimum absolute atomic E-state index is 0.0574. The van der Waals surface area contributed by atoms with Crippen LogP contribution >= 0.6 is 27.5 Å². The maximum Gasteiger partial charge on any atom is 0.306 e. The summed E-state index contributed by atoms with van der Waals surface area (Å²) >= 11 is 8.92. The summed E-state index contributed by atoms with van der Waals surface area (Å²) in [5.74, 6) is -0.665. The molecule has 18 heavy (non-hydrogen) atoms. The fraction of sp³-hybridized carbons (Fsp3) is 0.364. The van der Waals surface area contributed by atoms with E-state index in [1.165, 1.54) is 6.20 Å². The summed E-state index contributed by atoms with van der Waals surface area (Å²) in [6.07, 6.45) is 1.57. The molecule has 7 heteroatoms. The van der Waals surface area contributed by atoms with Crippen molar-refractivity contribution in [2.75, 3.05) is 11.9 Å². The van der Waals surface area contributed by atoms with Crippen LogP contribution < -0.4 is 5.32 Å². The molecule has 0 aliphatic carbocycles. The molecule has 0 unspecified atom stereocenters. The van der Waals surface area contributed by atoms with Crippen LogP contribution in [0.15, 0.2) is 16.7 Å². The highest BCUT2D eigenvalue weighted by Crippen LogP contribution is 2.22. The van der Waals surface area contributed by atoms with Gasteiger partial charge in [0.2, 0.25) is 5.91 Å². The van der Waals surface area contributed by atoms with Gasteiger partial charge in [-0.05, 0) is 28.9 Å². The maximum atomic E-state index is 11.5. The zero-order chi connectivity index (χ0) is 13.5. The lowest BCUT2D eigenvalue weighted by Gasteiger charge is -2.05. The second-order valence-electron chi connectivity index (χ2n) is 3.35. The number of amides is 1. The van der Waals surface area contributed by atoms with Crippen molar-refractivity contribution in [2.45, 2.75) is 19.8 Å². The topological polar surface area (TPSA) is 68.3 Å². The lowest BCUT2D eigenvalue weighted by molar-refractivity contribution is -0.144. The summed E-state index contributed by atoms with van der Waals surface area (Å²) in [6, 6.07) is 1.64. The summed E-state index contributed by atoms with van der Waals surface area (Å²) in [4.78, 5) is 26.5. The third kappa shape index (κ3) is 5.01. The first-order valence-electron chi connectivity index (χ1n) is 5.29. The Morgan fingerprint density at radius 3 is 2.83 bits per heavy atom. The summed E-state index contributed by atoms with van der Waals surface area (Å²) in [7, 11) is 0. The van der Waals surface area contributed by atoms with Crippen LogP contribution in [0.1, 0.15) is 19.8 Å². The Morgan fingerprint density at radius 1 is 1.50 bits per heavy atom. The molecule has 0 saturated heterocycles.